The zero-order valence-corrected chi connectivity index (χ0v) is 8.84. The number of hydrogen-bond acceptors (Lipinski definition) is 3. The maximum atomic E-state index is 9.05. The molecule has 78 valence electrons. The third-order valence-electron chi connectivity index (χ3n) is 2.75. The second kappa shape index (κ2) is 4.94. The summed E-state index contributed by atoms with van der Waals surface area (Å²) in [5.74, 6) is 0. The van der Waals surface area contributed by atoms with Gasteiger partial charge in [-0.15, -0.1) is 0 Å². The van der Waals surface area contributed by atoms with Crippen molar-refractivity contribution in [3.63, 3.8) is 0 Å². The Labute approximate surface area is 81.1 Å². The van der Waals surface area contributed by atoms with Crippen molar-refractivity contribution in [3.05, 3.63) is 0 Å². The molecule has 0 bridgehead atoms. The fourth-order valence-electron chi connectivity index (χ4n) is 1.44. The second-order valence-electron chi connectivity index (χ2n) is 4.49. The third-order valence-corrected chi connectivity index (χ3v) is 2.75. The molecule has 3 heteroatoms. The van der Waals surface area contributed by atoms with E-state index in [2.05, 4.69) is 24.3 Å². The summed E-state index contributed by atoms with van der Waals surface area (Å²) in [7, 11) is 4.19. The molecule has 0 unspecified atom stereocenters. The van der Waals surface area contributed by atoms with Gasteiger partial charge in [-0.1, -0.05) is 0 Å². The van der Waals surface area contributed by atoms with E-state index >= 15 is 0 Å². The molecular formula is C10H22N2O. The van der Waals surface area contributed by atoms with Gasteiger partial charge in [0.05, 0.1) is 0 Å². The lowest BCUT2D eigenvalue weighted by molar-refractivity contribution is 0.207. The van der Waals surface area contributed by atoms with Crippen molar-refractivity contribution in [1.29, 1.82) is 0 Å². The number of nitrogens with zero attached hydrogens (tertiary/aromatic N) is 1. The van der Waals surface area contributed by atoms with Gasteiger partial charge in [0.25, 0.3) is 0 Å². The first-order valence-electron chi connectivity index (χ1n) is 5.15. The minimum atomic E-state index is 0.262. The van der Waals surface area contributed by atoms with Gasteiger partial charge in [-0.25, -0.2) is 0 Å². The summed E-state index contributed by atoms with van der Waals surface area (Å²) in [4.78, 5) is 2.20. The van der Waals surface area contributed by atoms with Crippen LogP contribution in [0.15, 0.2) is 0 Å². The van der Waals surface area contributed by atoms with Crippen LogP contribution >= 0.6 is 0 Å². The Morgan fingerprint density at radius 2 is 2.08 bits per heavy atom. The smallest absolute Gasteiger partial charge is 0.0499 e. The minimum Gasteiger partial charge on any atom is -0.396 e. The summed E-state index contributed by atoms with van der Waals surface area (Å²) in [6.45, 7) is 3.56. The van der Waals surface area contributed by atoms with Gasteiger partial charge < -0.3 is 15.3 Å². The van der Waals surface area contributed by atoms with E-state index in [1.165, 1.54) is 19.3 Å². The molecule has 0 atom stereocenters. The summed E-state index contributed by atoms with van der Waals surface area (Å²) in [6.07, 6.45) is 3.59. The maximum Gasteiger partial charge on any atom is 0.0499 e. The van der Waals surface area contributed by atoms with Crippen LogP contribution in [0.4, 0.5) is 0 Å². The van der Waals surface area contributed by atoms with Crippen LogP contribution in [0.3, 0.4) is 0 Å². The molecule has 2 N–H and O–H groups in total. The zero-order valence-electron chi connectivity index (χ0n) is 8.84. The van der Waals surface area contributed by atoms with E-state index in [4.69, 9.17) is 5.11 Å². The molecule has 0 saturated heterocycles. The first-order chi connectivity index (χ1) is 6.18. The van der Waals surface area contributed by atoms with Crippen molar-refractivity contribution in [2.75, 3.05) is 40.3 Å². The number of aliphatic hydroxyl groups excluding tert-OH is 1. The Kier molecular flexibility index (Phi) is 4.16. The van der Waals surface area contributed by atoms with Crippen LogP contribution in [0.25, 0.3) is 0 Å². The van der Waals surface area contributed by atoms with Gasteiger partial charge >= 0.3 is 0 Å². The molecule has 0 aromatic rings. The molecule has 1 saturated carbocycles. The lowest BCUT2D eigenvalue weighted by Gasteiger charge is -2.13. The fraction of sp³-hybridized carbons (Fsp3) is 1.00. The largest absolute Gasteiger partial charge is 0.396 e. The van der Waals surface area contributed by atoms with E-state index in [1.54, 1.807) is 0 Å². The summed E-state index contributed by atoms with van der Waals surface area (Å²) >= 11 is 0. The van der Waals surface area contributed by atoms with Gasteiger partial charge in [-0.05, 0) is 46.4 Å². The minimum absolute atomic E-state index is 0.262. The molecule has 0 spiro atoms. The molecular weight excluding hydrogens is 164 g/mol. The van der Waals surface area contributed by atoms with Crippen molar-refractivity contribution >= 4 is 0 Å². The van der Waals surface area contributed by atoms with Crippen molar-refractivity contribution in [3.8, 4) is 0 Å². The molecule has 13 heavy (non-hydrogen) atoms. The summed E-state index contributed by atoms with van der Waals surface area (Å²) < 4.78 is 0. The SMILES string of the molecule is CN(C)CCCNCC1(CO)CC1. The van der Waals surface area contributed by atoms with Gasteiger partial charge in [-0.3, -0.25) is 0 Å². The lowest BCUT2D eigenvalue weighted by Crippen LogP contribution is -2.28. The molecule has 0 heterocycles. The van der Waals surface area contributed by atoms with E-state index < -0.39 is 0 Å². The van der Waals surface area contributed by atoms with Crippen LogP contribution in [-0.2, 0) is 0 Å². The van der Waals surface area contributed by atoms with Crippen molar-refractivity contribution in [2.24, 2.45) is 5.41 Å². The van der Waals surface area contributed by atoms with Crippen LogP contribution in [-0.4, -0.2) is 50.3 Å². The highest BCUT2D eigenvalue weighted by Gasteiger charge is 2.41. The number of hydrogen-bond donors (Lipinski definition) is 2. The van der Waals surface area contributed by atoms with E-state index in [9.17, 15) is 0 Å². The molecule has 0 radical (unpaired) electrons. The van der Waals surface area contributed by atoms with Crippen molar-refractivity contribution in [1.82, 2.24) is 10.2 Å². The Hall–Kier alpha value is -0.120. The van der Waals surface area contributed by atoms with Crippen LogP contribution in [0.2, 0.25) is 0 Å². The Balaban J connectivity index is 1.90. The molecule has 1 fully saturated rings. The normalized spacial score (nSPS) is 19.4. The van der Waals surface area contributed by atoms with Crippen molar-refractivity contribution < 1.29 is 5.11 Å². The van der Waals surface area contributed by atoms with E-state index in [1.807, 2.05) is 0 Å². The highest BCUT2D eigenvalue weighted by atomic mass is 16.3. The zero-order chi connectivity index (χ0) is 9.73. The number of aliphatic hydroxyl groups is 1. The predicted molar refractivity (Wildman–Crippen MR) is 54.8 cm³/mol. The third kappa shape index (κ3) is 4.07. The summed E-state index contributed by atoms with van der Waals surface area (Å²) in [5.41, 5.74) is 0.262. The van der Waals surface area contributed by atoms with E-state index in [-0.39, 0.29) is 5.41 Å². The van der Waals surface area contributed by atoms with Gasteiger partial charge in [0.1, 0.15) is 0 Å². The molecule has 1 aliphatic rings. The average Bonchev–Trinajstić information content (AvgIpc) is 2.84. The predicted octanol–water partition coefficient (Wildman–Crippen LogP) is 0.300. The molecule has 1 aliphatic carbocycles. The van der Waals surface area contributed by atoms with Crippen LogP contribution in [0.1, 0.15) is 19.3 Å². The molecule has 0 amide bonds. The van der Waals surface area contributed by atoms with Crippen LogP contribution in [0.5, 0.6) is 0 Å². The lowest BCUT2D eigenvalue weighted by atomic mass is 10.1. The topological polar surface area (TPSA) is 35.5 Å². The molecule has 0 aromatic carbocycles. The molecule has 3 nitrogen and oxygen atoms in total. The molecule has 0 aromatic heterocycles. The highest BCUT2D eigenvalue weighted by molar-refractivity contribution is 4.94. The fourth-order valence-corrected chi connectivity index (χ4v) is 1.44. The molecule has 1 rings (SSSR count). The maximum absolute atomic E-state index is 9.05. The molecule has 0 aliphatic heterocycles. The van der Waals surface area contributed by atoms with Crippen molar-refractivity contribution in [2.45, 2.75) is 19.3 Å². The van der Waals surface area contributed by atoms with Gasteiger partial charge in [-0.2, -0.15) is 0 Å². The summed E-state index contributed by atoms with van der Waals surface area (Å²) in [6, 6.07) is 0. The van der Waals surface area contributed by atoms with E-state index in [0.717, 1.165) is 19.6 Å². The second-order valence-corrected chi connectivity index (χ2v) is 4.49. The quantitative estimate of drug-likeness (QED) is 0.561. The standard InChI is InChI=1S/C10H22N2O/c1-12(2)7-3-6-11-8-10(9-13)4-5-10/h11,13H,3-9H2,1-2H3. The van der Waals surface area contributed by atoms with Gasteiger partial charge in [0.2, 0.25) is 0 Å². The average molecular weight is 186 g/mol. The van der Waals surface area contributed by atoms with Gasteiger partial charge in [0, 0.05) is 18.6 Å². The van der Waals surface area contributed by atoms with Crippen LogP contribution < -0.4 is 5.32 Å². The van der Waals surface area contributed by atoms with E-state index in [0.29, 0.717) is 6.61 Å². The summed E-state index contributed by atoms with van der Waals surface area (Å²) in [5, 5.41) is 12.5. The Morgan fingerprint density at radius 1 is 1.38 bits per heavy atom. The Bertz CT molecular complexity index is 144. The van der Waals surface area contributed by atoms with Crippen LogP contribution in [0, 0.1) is 5.41 Å². The number of nitrogens with one attached hydrogen (secondary N) is 1. The highest BCUT2D eigenvalue weighted by Crippen LogP contribution is 2.44. The number of rotatable bonds is 7. The first kappa shape index (κ1) is 11.0. The first-order valence-corrected chi connectivity index (χ1v) is 5.15. The monoisotopic (exact) mass is 186 g/mol. The Morgan fingerprint density at radius 3 is 2.54 bits per heavy atom. The van der Waals surface area contributed by atoms with Gasteiger partial charge in [0.15, 0.2) is 0 Å².